The lowest BCUT2D eigenvalue weighted by Gasteiger charge is -2.22. The topological polar surface area (TPSA) is 34.1 Å². The summed E-state index contributed by atoms with van der Waals surface area (Å²) < 4.78 is 101. The first-order valence-electron chi connectivity index (χ1n) is 9.36. The van der Waals surface area contributed by atoms with Crippen LogP contribution < -0.4 is 0 Å². The van der Waals surface area contributed by atoms with Gasteiger partial charge in [0.05, 0.1) is 21.8 Å². The van der Waals surface area contributed by atoms with Crippen LogP contribution >= 0.6 is 43.6 Å². The van der Waals surface area contributed by atoms with E-state index in [9.17, 15) is 34.8 Å². The zero-order valence-corrected chi connectivity index (χ0v) is 21.0. The molecule has 2 heterocycles. The van der Waals surface area contributed by atoms with E-state index in [1.165, 1.54) is 23.9 Å². The van der Waals surface area contributed by atoms with Gasteiger partial charge in [-0.2, -0.15) is 26.3 Å². The van der Waals surface area contributed by atoms with Gasteiger partial charge in [0.25, 0.3) is 0 Å². The number of alkyl halides is 6. The largest absolute Gasteiger partial charge is 0.417 e. The van der Waals surface area contributed by atoms with Gasteiger partial charge in [0, 0.05) is 13.8 Å². The molecule has 2 aromatic carbocycles. The lowest BCUT2D eigenvalue weighted by atomic mass is 10.1. The Morgan fingerprint density at radius 2 is 1.26 bits per heavy atom. The molecule has 0 atom stereocenters. The Kier molecular flexibility index (Phi) is 10.6. The average molecular weight is 658 g/mol. The monoisotopic (exact) mass is 656 g/mol. The van der Waals surface area contributed by atoms with Crippen LogP contribution in [0.25, 0.3) is 0 Å². The van der Waals surface area contributed by atoms with Gasteiger partial charge in [0.1, 0.15) is 0 Å². The van der Waals surface area contributed by atoms with Crippen LogP contribution in [0.3, 0.4) is 0 Å². The zero-order chi connectivity index (χ0) is 23.9. The normalized spacial score (nSPS) is 16.6. The predicted octanol–water partition coefficient (Wildman–Crippen LogP) is 8.97. The van der Waals surface area contributed by atoms with Crippen LogP contribution in [0, 0.1) is 0 Å². The number of rotatable bonds is 0. The summed E-state index contributed by atoms with van der Waals surface area (Å²) in [5, 5.41) is 0. The van der Waals surface area contributed by atoms with E-state index < -0.39 is 38.2 Å². The maximum atomic E-state index is 12.8. The lowest BCUT2D eigenvalue weighted by molar-refractivity contribution is -0.140. The second kappa shape index (κ2) is 11.6. The van der Waals surface area contributed by atoms with E-state index >= 15 is 0 Å². The minimum atomic E-state index is -4.64. The van der Waals surface area contributed by atoms with Gasteiger partial charge >= 0.3 is 12.4 Å². The molecule has 34 heavy (non-hydrogen) atoms. The first-order valence-corrected chi connectivity index (χ1v) is 13.6. The van der Waals surface area contributed by atoms with Crippen molar-refractivity contribution in [3.63, 3.8) is 0 Å². The van der Waals surface area contributed by atoms with Gasteiger partial charge in [-0.1, -0.05) is 46.7 Å². The van der Waals surface area contributed by atoms with Crippen molar-refractivity contribution in [2.75, 3.05) is 11.5 Å². The second-order valence-electron chi connectivity index (χ2n) is 7.18. The first kappa shape index (κ1) is 31.3. The Balaban J connectivity index is 0.000000323. The third-order valence-electron chi connectivity index (χ3n) is 4.99. The third kappa shape index (κ3) is 6.73. The van der Waals surface area contributed by atoms with Crippen molar-refractivity contribution in [3.05, 3.63) is 55.5 Å². The number of sulfone groups is 1. The number of halogens is 8. The fourth-order valence-electron chi connectivity index (χ4n) is 3.60. The molecule has 192 valence electrons. The lowest BCUT2D eigenvalue weighted by Crippen LogP contribution is -2.22. The number of fused-ring (bicyclic) bond motifs is 2. The highest BCUT2D eigenvalue weighted by atomic mass is 79.9. The van der Waals surface area contributed by atoms with Crippen molar-refractivity contribution in [1.82, 2.24) is 0 Å². The molecule has 0 N–H and O–H groups in total. The van der Waals surface area contributed by atoms with E-state index in [1.54, 1.807) is 0 Å². The molecule has 2 aromatic rings. The molecule has 0 aliphatic carbocycles. The molecular weight excluding hydrogens is 634 g/mol. The summed E-state index contributed by atoms with van der Waals surface area (Å²) in [4.78, 5) is -0.145. The van der Waals surface area contributed by atoms with Crippen molar-refractivity contribution in [3.8, 4) is 0 Å². The van der Waals surface area contributed by atoms with Crippen molar-refractivity contribution >= 4 is 53.5 Å². The van der Waals surface area contributed by atoms with Crippen molar-refractivity contribution in [2.24, 2.45) is 0 Å². The standard InChI is InChI=1S/C10H8BrF3O2S.C10H8BrF3S.2CH4/c11-8-4-3-7(10(12,13)14)9-6(8)2-1-5-17(9,15)16;11-8-4-3-7(10(12,13)14)9-6(8)2-1-5-15-9;;/h3-4H,1-2,5H2;3-4H,1-2,5H2;2*1H4. The summed E-state index contributed by atoms with van der Waals surface area (Å²) in [6.07, 6.45) is -6.51. The van der Waals surface area contributed by atoms with Crippen LogP contribution in [0.15, 0.2) is 43.0 Å². The Morgan fingerprint density at radius 3 is 1.82 bits per heavy atom. The molecule has 0 amide bonds. The van der Waals surface area contributed by atoms with Gasteiger partial charge in [-0.05, 0) is 66.8 Å². The van der Waals surface area contributed by atoms with Crippen molar-refractivity contribution in [1.29, 1.82) is 0 Å². The van der Waals surface area contributed by atoms with Crippen LogP contribution in [0.2, 0.25) is 0 Å². The Bertz CT molecular complexity index is 1130. The Labute approximate surface area is 217 Å². The molecular formula is C22H24Br2F6O2S2. The smallest absolute Gasteiger partial charge is 0.224 e. The number of hydrogen-bond donors (Lipinski definition) is 0. The minimum absolute atomic E-state index is 0. The van der Waals surface area contributed by atoms with Gasteiger partial charge in [-0.25, -0.2) is 8.42 Å². The minimum Gasteiger partial charge on any atom is -0.224 e. The zero-order valence-electron chi connectivity index (χ0n) is 16.2. The highest BCUT2D eigenvalue weighted by molar-refractivity contribution is 9.10. The Hall–Kier alpha value is -0.720. The van der Waals surface area contributed by atoms with E-state index in [4.69, 9.17) is 0 Å². The molecule has 2 aliphatic rings. The highest BCUT2D eigenvalue weighted by Gasteiger charge is 2.40. The second-order valence-corrected chi connectivity index (χ2v) is 12.0. The highest BCUT2D eigenvalue weighted by Crippen LogP contribution is 2.44. The van der Waals surface area contributed by atoms with E-state index in [0.29, 0.717) is 22.2 Å². The molecule has 0 saturated carbocycles. The third-order valence-corrected chi connectivity index (χ3v) is 9.63. The van der Waals surface area contributed by atoms with E-state index in [1.807, 2.05) is 0 Å². The van der Waals surface area contributed by atoms with Gasteiger partial charge < -0.3 is 0 Å². The average Bonchev–Trinajstić information content (AvgIpc) is 2.67. The molecule has 0 fully saturated rings. The van der Waals surface area contributed by atoms with E-state index in [0.717, 1.165) is 40.8 Å². The summed E-state index contributed by atoms with van der Waals surface area (Å²) >= 11 is 7.71. The molecule has 0 bridgehead atoms. The van der Waals surface area contributed by atoms with Gasteiger partial charge in [0.2, 0.25) is 0 Å². The van der Waals surface area contributed by atoms with E-state index in [2.05, 4.69) is 31.9 Å². The maximum Gasteiger partial charge on any atom is 0.417 e. The first-order chi connectivity index (χ1) is 14.7. The van der Waals surface area contributed by atoms with E-state index in [-0.39, 0.29) is 26.2 Å². The summed E-state index contributed by atoms with van der Waals surface area (Å²) in [5.41, 5.74) is -0.507. The molecule has 0 unspecified atom stereocenters. The number of hydrogen-bond acceptors (Lipinski definition) is 3. The summed E-state index contributed by atoms with van der Waals surface area (Å²) in [5.74, 6) is 0.548. The summed E-state index contributed by atoms with van der Waals surface area (Å²) in [6.45, 7) is 0. The Morgan fingerprint density at radius 1 is 0.765 bits per heavy atom. The molecule has 0 saturated heterocycles. The molecule has 4 rings (SSSR count). The van der Waals surface area contributed by atoms with Crippen LogP contribution in [0.5, 0.6) is 0 Å². The van der Waals surface area contributed by atoms with Gasteiger partial charge in [-0.3, -0.25) is 0 Å². The molecule has 2 nitrogen and oxygen atoms in total. The summed E-state index contributed by atoms with van der Waals surface area (Å²) in [7, 11) is -3.83. The fourth-order valence-corrected chi connectivity index (χ4v) is 7.98. The van der Waals surface area contributed by atoms with Gasteiger partial charge in [-0.15, -0.1) is 11.8 Å². The van der Waals surface area contributed by atoms with Crippen LogP contribution in [-0.4, -0.2) is 19.9 Å². The number of benzene rings is 2. The molecule has 0 spiro atoms. The fraction of sp³-hybridized carbons (Fsp3) is 0.455. The van der Waals surface area contributed by atoms with Crippen LogP contribution in [-0.2, 0) is 35.0 Å². The molecule has 0 radical (unpaired) electrons. The number of thioether (sulfide) groups is 1. The summed E-state index contributed by atoms with van der Waals surface area (Å²) in [6, 6.07) is 4.71. The molecule has 2 aliphatic heterocycles. The van der Waals surface area contributed by atoms with Gasteiger partial charge in [0.15, 0.2) is 9.84 Å². The quantitative estimate of drug-likeness (QED) is 0.265. The predicted molar refractivity (Wildman–Crippen MR) is 131 cm³/mol. The molecule has 0 aromatic heterocycles. The van der Waals surface area contributed by atoms with Crippen molar-refractivity contribution in [2.45, 2.75) is 62.7 Å². The van der Waals surface area contributed by atoms with Crippen LogP contribution in [0.1, 0.15) is 49.9 Å². The SMILES string of the molecule is C.C.FC(F)(F)c1ccc(Br)c2c1SCCC2.O=S1(=O)CCCc2c(Br)ccc(C(F)(F)F)c21. The van der Waals surface area contributed by atoms with Crippen LogP contribution in [0.4, 0.5) is 26.3 Å². The maximum absolute atomic E-state index is 12.8. The van der Waals surface area contributed by atoms with Crippen molar-refractivity contribution < 1.29 is 34.8 Å². The molecule has 12 heteroatoms.